The first-order chi connectivity index (χ1) is 10.0. The predicted octanol–water partition coefficient (Wildman–Crippen LogP) is 3.40. The van der Waals surface area contributed by atoms with E-state index in [1.54, 1.807) is 7.11 Å². The third kappa shape index (κ3) is 4.47. The van der Waals surface area contributed by atoms with Crippen LogP contribution in [0.1, 0.15) is 58.2 Å². The Labute approximate surface area is 135 Å². The number of rotatable bonds is 5. The van der Waals surface area contributed by atoms with E-state index in [0.29, 0.717) is 6.54 Å². The first kappa shape index (κ1) is 19.0. The van der Waals surface area contributed by atoms with Crippen molar-refractivity contribution >= 4 is 0 Å². The highest BCUT2D eigenvalue weighted by Crippen LogP contribution is 2.40. The largest absolute Gasteiger partial charge is 0.496 e. The van der Waals surface area contributed by atoms with Crippen molar-refractivity contribution < 1.29 is 9.84 Å². The number of aliphatic hydroxyl groups excluding tert-OH is 1. The lowest BCUT2D eigenvalue weighted by Crippen LogP contribution is -2.23. The summed E-state index contributed by atoms with van der Waals surface area (Å²) in [4.78, 5) is 0. The van der Waals surface area contributed by atoms with E-state index in [0.717, 1.165) is 12.2 Å². The summed E-state index contributed by atoms with van der Waals surface area (Å²) in [7, 11) is 1.75. The molecule has 3 N–H and O–H groups in total. The van der Waals surface area contributed by atoms with Crippen molar-refractivity contribution in [3.05, 3.63) is 28.8 Å². The molecule has 0 fully saturated rings. The zero-order valence-electron chi connectivity index (χ0n) is 15.3. The molecule has 3 nitrogen and oxygen atoms in total. The quantitative estimate of drug-likeness (QED) is 0.876. The van der Waals surface area contributed by atoms with Crippen LogP contribution in [0.2, 0.25) is 0 Å². The van der Waals surface area contributed by atoms with Gasteiger partial charge in [-0.1, -0.05) is 53.7 Å². The lowest BCUT2D eigenvalue weighted by atomic mass is 9.77. The Morgan fingerprint density at radius 2 is 1.50 bits per heavy atom. The van der Waals surface area contributed by atoms with Crippen molar-refractivity contribution in [1.29, 1.82) is 0 Å². The Hall–Kier alpha value is -1.06. The number of aliphatic hydroxyl groups is 1. The second-order valence-electron chi connectivity index (χ2n) is 8.21. The van der Waals surface area contributed by atoms with Gasteiger partial charge in [-0.15, -0.1) is 0 Å². The molecule has 0 bridgehead atoms. The molecule has 1 unspecified atom stereocenters. The van der Waals surface area contributed by atoms with Crippen molar-refractivity contribution in [2.75, 3.05) is 20.3 Å². The molecule has 0 saturated carbocycles. The van der Waals surface area contributed by atoms with Gasteiger partial charge in [0.2, 0.25) is 0 Å². The summed E-state index contributed by atoms with van der Waals surface area (Å²) in [5.41, 5.74) is 9.40. The van der Waals surface area contributed by atoms with Crippen LogP contribution >= 0.6 is 0 Å². The van der Waals surface area contributed by atoms with Crippen LogP contribution in [0.3, 0.4) is 0 Å². The average molecular weight is 307 g/mol. The summed E-state index contributed by atoms with van der Waals surface area (Å²) in [6.07, 6.45) is 0.795. The zero-order chi connectivity index (χ0) is 17.1. The summed E-state index contributed by atoms with van der Waals surface area (Å²) < 4.78 is 5.77. The molecule has 0 saturated heterocycles. The van der Waals surface area contributed by atoms with Gasteiger partial charge in [0.05, 0.1) is 7.11 Å². The van der Waals surface area contributed by atoms with Crippen molar-refractivity contribution in [2.45, 2.75) is 58.8 Å². The molecule has 0 heterocycles. The maximum atomic E-state index is 9.44. The van der Waals surface area contributed by atoms with Crippen molar-refractivity contribution in [2.24, 2.45) is 11.7 Å². The molecule has 0 aliphatic heterocycles. The molecule has 1 aromatic rings. The minimum Gasteiger partial charge on any atom is -0.496 e. The van der Waals surface area contributed by atoms with E-state index < -0.39 is 0 Å². The summed E-state index contributed by atoms with van der Waals surface area (Å²) in [6, 6.07) is 4.43. The van der Waals surface area contributed by atoms with Crippen LogP contribution in [0.4, 0.5) is 0 Å². The minimum absolute atomic E-state index is 0.00121. The van der Waals surface area contributed by atoms with Gasteiger partial charge in [0.25, 0.3) is 0 Å². The number of hydrogen-bond donors (Lipinski definition) is 2. The van der Waals surface area contributed by atoms with Crippen molar-refractivity contribution in [3.63, 3.8) is 0 Å². The van der Waals surface area contributed by atoms with E-state index >= 15 is 0 Å². The highest BCUT2D eigenvalue weighted by Gasteiger charge is 2.27. The maximum Gasteiger partial charge on any atom is 0.126 e. The summed E-state index contributed by atoms with van der Waals surface area (Å²) in [6.45, 7) is 13.8. The van der Waals surface area contributed by atoms with Crippen LogP contribution in [-0.2, 0) is 17.3 Å². The highest BCUT2D eigenvalue weighted by atomic mass is 16.5. The third-order valence-corrected chi connectivity index (χ3v) is 4.08. The first-order valence-electron chi connectivity index (χ1n) is 8.07. The number of hydrogen-bond acceptors (Lipinski definition) is 3. The molecule has 0 aromatic heterocycles. The van der Waals surface area contributed by atoms with Crippen molar-refractivity contribution in [1.82, 2.24) is 0 Å². The van der Waals surface area contributed by atoms with Gasteiger partial charge in [0.1, 0.15) is 5.75 Å². The van der Waals surface area contributed by atoms with Gasteiger partial charge >= 0.3 is 0 Å². The SMILES string of the molecule is COc1c(C(C)(C)C)cc(CC(CN)CO)cc1C(C)(C)C. The summed E-state index contributed by atoms with van der Waals surface area (Å²) in [5, 5.41) is 9.44. The Balaban J connectivity index is 3.49. The smallest absolute Gasteiger partial charge is 0.126 e. The van der Waals surface area contributed by atoms with E-state index in [9.17, 15) is 5.11 Å². The second kappa shape index (κ2) is 7.01. The van der Waals surface area contributed by atoms with Crippen LogP contribution in [-0.4, -0.2) is 25.4 Å². The highest BCUT2D eigenvalue weighted by molar-refractivity contribution is 5.51. The molecule has 0 amide bonds. The van der Waals surface area contributed by atoms with Gasteiger partial charge in [-0.05, 0) is 35.3 Å². The zero-order valence-corrected chi connectivity index (χ0v) is 15.3. The lowest BCUT2D eigenvalue weighted by molar-refractivity contribution is 0.229. The molecule has 0 radical (unpaired) electrons. The van der Waals surface area contributed by atoms with Gasteiger partial charge in [0, 0.05) is 17.7 Å². The third-order valence-electron chi connectivity index (χ3n) is 4.08. The topological polar surface area (TPSA) is 55.5 Å². The van der Waals surface area contributed by atoms with E-state index in [1.807, 2.05) is 0 Å². The molecule has 3 heteroatoms. The van der Waals surface area contributed by atoms with Crippen LogP contribution in [0.25, 0.3) is 0 Å². The Morgan fingerprint density at radius 3 is 1.77 bits per heavy atom. The van der Waals surface area contributed by atoms with Crippen LogP contribution in [0.5, 0.6) is 5.75 Å². The Bertz CT molecular complexity index is 456. The van der Waals surface area contributed by atoms with Gasteiger partial charge in [-0.25, -0.2) is 0 Å². The summed E-state index contributed by atoms with van der Waals surface area (Å²) >= 11 is 0. The second-order valence-corrected chi connectivity index (χ2v) is 8.21. The Morgan fingerprint density at radius 1 is 1.05 bits per heavy atom. The fourth-order valence-electron chi connectivity index (χ4n) is 2.70. The molecular weight excluding hydrogens is 274 g/mol. The molecule has 1 rings (SSSR count). The van der Waals surface area contributed by atoms with Gasteiger partial charge < -0.3 is 15.6 Å². The molecule has 126 valence electrons. The van der Waals surface area contributed by atoms with Gasteiger partial charge in [-0.3, -0.25) is 0 Å². The first-order valence-corrected chi connectivity index (χ1v) is 8.07. The van der Waals surface area contributed by atoms with E-state index in [4.69, 9.17) is 10.5 Å². The molecule has 1 aromatic carbocycles. The normalized spacial score (nSPS) is 14.0. The molecule has 0 aliphatic rings. The van der Waals surface area contributed by atoms with Crippen LogP contribution < -0.4 is 10.5 Å². The van der Waals surface area contributed by atoms with Crippen LogP contribution in [0.15, 0.2) is 12.1 Å². The van der Waals surface area contributed by atoms with Gasteiger partial charge in [0.15, 0.2) is 0 Å². The van der Waals surface area contributed by atoms with E-state index in [2.05, 4.69) is 53.7 Å². The molecule has 0 spiro atoms. The maximum absolute atomic E-state index is 9.44. The van der Waals surface area contributed by atoms with Crippen LogP contribution in [0, 0.1) is 5.92 Å². The number of ether oxygens (including phenoxy) is 1. The molecule has 22 heavy (non-hydrogen) atoms. The minimum atomic E-state index is -0.00121. The fourth-order valence-corrected chi connectivity index (χ4v) is 2.70. The Kier molecular flexibility index (Phi) is 6.05. The van der Waals surface area contributed by atoms with E-state index in [1.165, 1.54) is 16.7 Å². The number of nitrogens with two attached hydrogens (primary N) is 1. The van der Waals surface area contributed by atoms with Crippen molar-refractivity contribution in [3.8, 4) is 5.75 Å². The molecule has 0 aliphatic carbocycles. The van der Waals surface area contributed by atoms with Gasteiger partial charge in [-0.2, -0.15) is 0 Å². The molecule has 1 atom stereocenters. The van der Waals surface area contributed by atoms with E-state index in [-0.39, 0.29) is 23.4 Å². The lowest BCUT2D eigenvalue weighted by Gasteiger charge is -2.30. The molecular formula is C19H33NO2. The number of benzene rings is 1. The average Bonchev–Trinajstić information content (AvgIpc) is 2.41. The predicted molar refractivity (Wildman–Crippen MR) is 93.7 cm³/mol. The number of methoxy groups -OCH3 is 1. The standard InChI is InChI=1S/C19H33NO2/c1-18(2,3)15-9-13(8-14(11-20)12-21)10-16(17(15)22-7)19(4,5)6/h9-10,14,21H,8,11-12,20H2,1-7H3. The monoisotopic (exact) mass is 307 g/mol. The fraction of sp³-hybridized carbons (Fsp3) is 0.684. The summed E-state index contributed by atoms with van der Waals surface area (Å²) in [5.74, 6) is 1.09.